The van der Waals surface area contributed by atoms with E-state index in [1.54, 1.807) is 6.92 Å². The van der Waals surface area contributed by atoms with Gasteiger partial charge in [-0.05, 0) is 12.8 Å². The molecule has 0 spiro atoms. The summed E-state index contributed by atoms with van der Waals surface area (Å²) in [6.45, 7) is 6.16. The van der Waals surface area contributed by atoms with E-state index in [4.69, 9.17) is 16.6 Å². The number of aliphatic carboxylic acids is 1. The minimum atomic E-state index is -0.778. The van der Waals surface area contributed by atoms with Gasteiger partial charge in [0, 0.05) is 6.54 Å². The summed E-state index contributed by atoms with van der Waals surface area (Å²) in [7, 11) is 0. The van der Waals surface area contributed by atoms with Crippen LogP contribution in [0, 0.1) is 5.92 Å². The van der Waals surface area contributed by atoms with Gasteiger partial charge >= 0.3 is 5.97 Å². The predicted molar refractivity (Wildman–Crippen MR) is 58.1 cm³/mol. The van der Waals surface area contributed by atoms with Crippen LogP contribution in [0.15, 0.2) is 4.99 Å². The lowest BCUT2D eigenvalue weighted by Crippen LogP contribution is -2.23. The van der Waals surface area contributed by atoms with Crippen LogP contribution in [0.5, 0.6) is 0 Å². The Balaban J connectivity index is 0. The van der Waals surface area contributed by atoms with E-state index in [9.17, 15) is 4.79 Å². The highest BCUT2D eigenvalue weighted by Crippen LogP contribution is 2.04. The number of hydrogen-bond donors (Lipinski definition) is 3. The van der Waals surface area contributed by atoms with Crippen molar-refractivity contribution in [3.8, 4) is 0 Å². The van der Waals surface area contributed by atoms with E-state index in [-0.39, 0.29) is 11.9 Å². The third-order valence-corrected chi connectivity index (χ3v) is 1.51. The zero-order valence-electron chi connectivity index (χ0n) is 9.16. The summed E-state index contributed by atoms with van der Waals surface area (Å²) < 4.78 is 0. The van der Waals surface area contributed by atoms with Gasteiger partial charge in [-0.2, -0.15) is 0 Å². The maximum Gasteiger partial charge on any atom is 0.306 e. The van der Waals surface area contributed by atoms with Crippen LogP contribution in [0.25, 0.3) is 0 Å². The van der Waals surface area contributed by atoms with Crippen molar-refractivity contribution in [3.05, 3.63) is 0 Å². The van der Waals surface area contributed by atoms with Crippen molar-refractivity contribution in [3.63, 3.8) is 0 Å². The van der Waals surface area contributed by atoms with Gasteiger partial charge in [0.15, 0.2) is 5.96 Å². The van der Waals surface area contributed by atoms with Gasteiger partial charge in [0.1, 0.15) is 0 Å². The molecule has 5 N–H and O–H groups in total. The normalized spacial score (nSPS) is 10.8. The number of hydrogen-bond acceptors (Lipinski definition) is 2. The summed E-state index contributed by atoms with van der Waals surface area (Å²) in [5.41, 5.74) is 10.2. The highest BCUT2D eigenvalue weighted by molar-refractivity contribution is 5.75. The number of carboxylic acid groups (broad SMARTS) is 1. The van der Waals surface area contributed by atoms with E-state index >= 15 is 0 Å². The molecule has 0 fully saturated rings. The van der Waals surface area contributed by atoms with E-state index in [1.807, 2.05) is 13.8 Å². The molecular formula is C9H21N3O2. The van der Waals surface area contributed by atoms with Gasteiger partial charge in [-0.25, -0.2) is 0 Å². The molecule has 0 aromatic heterocycles. The molecule has 84 valence electrons. The molecule has 1 unspecified atom stereocenters. The third kappa shape index (κ3) is 10.7. The van der Waals surface area contributed by atoms with E-state index in [0.717, 1.165) is 0 Å². The van der Waals surface area contributed by atoms with Gasteiger partial charge < -0.3 is 16.6 Å². The molecule has 14 heavy (non-hydrogen) atoms. The predicted octanol–water partition coefficient (Wildman–Crippen LogP) is 0.787. The fourth-order valence-electron chi connectivity index (χ4n) is 0.729. The number of carboxylic acids is 1. The molecular weight excluding hydrogens is 182 g/mol. The summed E-state index contributed by atoms with van der Waals surface area (Å²) in [6, 6.07) is 0. The summed E-state index contributed by atoms with van der Waals surface area (Å²) in [5, 5.41) is 8.51. The smallest absolute Gasteiger partial charge is 0.306 e. The molecule has 0 heterocycles. The van der Waals surface area contributed by atoms with E-state index in [2.05, 4.69) is 4.99 Å². The van der Waals surface area contributed by atoms with Crippen LogP contribution in [0.4, 0.5) is 0 Å². The second kappa shape index (κ2) is 9.83. The molecule has 0 rings (SSSR count). The number of guanidine groups is 1. The highest BCUT2D eigenvalue weighted by Gasteiger charge is 2.08. The van der Waals surface area contributed by atoms with Gasteiger partial charge in [0.25, 0.3) is 0 Å². The third-order valence-electron chi connectivity index (χ3n) is 1.51. The largest absolute Gasteiger partial charge is 0.481 e. The maximum atomic E-state index is 10.3. The quantitative estimate of drug-likeness (QED) is 0.349. The number of carbonyl (C=O) groups is 1. The van der Waals surface area contributed by atoms with Crippen molar-refractivity contribution in [2.75, 3.05) is 6.54 Å². The number of nitrogens with two attached hydrogens (primary N) is 2. The zero-order valence-corrected chi connectivity index (χ0v) is 9.16. The van der Waals surface area contributed by atoms with Gasteiger partial charge in [-0.1, -0.05) is 20.8 Å². The first kappa shape index (κ1) is 15.2. The second-order valence-corrected chi connectivity index (χ2v) is 2.69. The Bertz CT molecular complexity index is 177. The molecule has 0 aromatic carbocycles. The second-order valence-electron chi connectivity index (χ2n) is 2.69. The van der Waals surface area contributed by atoms with Gasteiger partial charge in [-0.15, -0.1) is 0 Å². The summed E-state index contributed by atoms with van der Waals surface area (Å²) >= 11 is 0. The van der Waals surface area contributed by atoms with Crippen LogP contribution in [0.2, 0.25) is 0 Å². The molecule has 0 aromatic rings. The standard InChI is InChI=1S/C7H15N3O2.C2H6/c1-5(6(11)12)3-2-4-10-7(8)9;1-2/h5H,2-4H2,1H3,(H,11,12)(H4,8,9,10);1-2H3. The number of nitrogens with zero attached hydrogens (tertiary/aromatic N) is 1. The van der Waals surface area contributed by atoms with Crippen molar-refractivity contribution in [1.29, 1.82) is 0 Å². The van der Waals surface area contributed by atoms with Gasteiger partial charge in [0.05, 0.1) is 5.92 Å². The molecule has 0 amide bonds. The summed E-state index contributed by atoms with van der Waals surface area (Å²) in [4.78, 5) is 14.1. The van der Waals surface area contributed by atoms with Crippen LogP contribution >= 0.6 is 0 Å². The summed E-state index contributed by atoms with van der Waals surface area (Å²) in [5.74, 6) is -1.04. The van der Waals surface area contributed by atoms with Crippen molar-refractivity contribution in [1.82, 2.24) is 0 Å². The molecule has 0 saturated heterocycles. The minimum absolute atomic E-state index is 0.0537. The molecule has 0 aliphatic carbocycles. The number of aliphatic imine (C=N–C) groups is 1. The van der Waals surface area contributed by atoms with Crippen LogP contribution in [-0.2, 0) is 4.79 Å². The molecule has 5 nitrogen and oxygen atoms in total. The Morgan fingerprint density at radius 1 is 1.43 bits per heavy atom. The van der Waals surface area contributed by atoms with Crippen molar-refractivity contribution in [2.24, 2.45) is 22.4 Å². The zero-order chi connectivity index (χ0) is 11.6. The molecule has 0 aliphatic rings. The highest BCUT2D eigenvalue weighted by atomic mass is 16.4. The van der Waals surface area contributed by atoms with E-state index in [1.165, 1.54) is 0 Å². The Labute approximate surface area is 85.2 Å². The van der Waals surface area contributed by atoms with Crippen LogP contribution in [-0.4, -0.2) is 23.6 Å². The van der Waals surface area contributed by atoms with Crippen molar-refractivity contribution < 1.29 is 9.90 Å². The molecule has 0 bridgehead atoms. The van der Waals surface area contributed by atoms with Gasteiger partial charge in [-0.3, -0.25) is 9.79 Å². The fourth-order valence-corrected chi connectivity index (χ4v) is 0.729. The monoisotopic (exact) mass is 203 g/mol. The van der Waals surface area contributed by atoms with E-state index < -0.39 is 5.97 Å². The van der Waals surface area contributed by atoms with Crippen LogP contribution in [0.1, 0.15) is 33.6 Å². The maximum absolute atomic E-state index is 10.3. The topological polar surface area (TPSA) is 102 Å². The minimum Gasteiger partial charge on any atom is -0.481 e. The van der Waals surface area contributed by atoms with E-state index in [0.29, 0.717) is 19.4 Å². The molecule has 5 heteroatoms. The Kier molecular flexibility index (Phi) is 10.7. The average molecular weight is 203 g/mol. The first-order valence-electron chi connectivity index (χ1n) is 4.82. The lowest BCUT2D eigenvalue weighted by molar-refractivity contribution is -0.141. The van der Waals surface area contributed by atoms with Crippen LogP contribution < -0.4 is 11.5 Å². The van der Waals surface area contributed by atoms with Gasteiger partial charge in [0.2, 0.25) is 0 Å². The number of rotatable bonds is 5. The Morgan fingerprint density at radius 2 is 1.93 bits per heavy atom. The molecule has 1 atom stereocenters. The average Bonchev–Trinajstić information content (AvgIpc) is 2.15. The van der Waals surface area contributed by atoms with Crippen molar-refractivity contribution >= 4 is 11.9 Å². The lowest BCUT2D eigenvalue weighted by atomic mass is 10.1. The Hall–Kier alpha value is -1.26. The first-order valence-corrected chi connectivity index (χ1v) is 4.82. The lowest BCUT2D eigenvalue weighted by Gasteiger charge is -2.02. The fraction of sp³-hybridized carbons (Fsp3) is 0.778. The molecule has 0 aliphatic heterocycles. The summed E-state index contributed by atoms with van der Waals surface area (Å²) in [6.07, 6.45) is 1.30. The Morgan fingerprint density at radius 3 is 2.29 bits per heavy atom. The first-order chi connectivity index (χ1) is 6.54. The SMILES string of the molecule is CC.CC(CCCN=C(N)N)C(=O)O. The van der Waals surface area contributed by atoms with Crippen LogP contribution in [0.3, 0.4) is 0 Å². The van der Waals surface area contributed by atoms with Crippen molar-refractivity contribution in [2.45, 2.75) is 33.6 Å². The molecule has 0 radical (unpaired) electrons. The molecule has 0 saturated carbocycles.